The zero-order valence-electron chi connectivity index (χ0n) is 9.78. The van der Waals surface area contributed by atoms with Gasteiger partial charge in [-0.05, 0) is 13.3 Å². The van der Waals surface area contributed by atoms with Crippen molar-refractivity contribution < 1.29 is 14.7 Å². The first-order valence-electron chi connectivity index (χ1n) is 4.58. The summed E-state index contributed by atoms with van der Waals surface area (Å²) in [5, 5.41) is 11.2. The largest absolute Gasteiger partial charge is 0.480 e. The molecule has 0 aromatic rings. The Morgan fingerprint density at radius 1 is 1.35 bits per heavy atom. The first-order valence-corrected chi connectivity index (χ1v) is 4.58. The first-order chi connectivity index (χ1) is 6.86. The number of nitrogens with two attached hydrogens (primary N) is 1. The number of carboxylic acid groups (broad SMARTS) is 1. The normalized spacial score (nSPS) is 11.7. The van der Waals surface area contributed by atoms with Gasteiger partial charge in [-0.3, -0.25) is 9.59 Å². The molecule has 100 valence electrons. The van der Waals surface area contributed by atoms with E-state index in [1.807, 2.05) is 0 Å². The van der Waals surface area contributed by atoms with E-state index < -0.39 is 11.5 Å². The van der Waals surface area contributed by atoms with Gasteiger partial charge in [-0.25, -0.2) is 0 Å². The Morgan fingerprint density at radius 3 is 2.29 bits per heavy atom. The summed E-state index contributed by atoms with van der Waals surface area (Å²) in [5.41, 5.74) is 4.25. The zero-order valence-corrected chi connectivity index (χ0v) is 11.4. The fraction of sp³-hybridized carbons (Fsp3) is 0.600. The maximum absolute atomic E-state index is 10.6. The predicted octanol–water partition coefficient (Wildman–Crippen LogP) is 0.552. The number of hydrogen-bond acceptors (Lipinski definition) is 3. The summed E-state index contributed by atoms with van der Waals surface area (Å²) < 4.78 is 0. The lowest BCUT2D eigenvalue weighted by molar-refractivity contribution is -0.142. The van der Waals surface area contributed by atoms with Crippen LogP contribution in [0.15, 0.2) is 0 Å². The Kier molecular flexibility index (Phi) is 12.8. The van der Waals surface area contributed by atoms with Crippen LogP contribution in [0.4, 0.5) is 0 Å². The maximum atomic E-state index is 10.6. The van der Waals surface area contributed by atoms with Crippen LogP contribution in [0.5, 0.6) is 0 Å². The van der Waals surface area contributed by atoms with E-state index in [0.717, 1.165) is 0 Å². The Labute approximate surface area is 113 Å². The number of carbonyl (C=O) groups is 2. The van der Waals surface area contributed by atoms with Crippen LogP contribution >= 0.6 is 24.8 Å². The summed E-state index contributed by atoms with van der Waals surface area (Å²) in [4.78, 5) is 21.0. The lowest BCUT2D eigenvalue weighted by Gasteiger charge is -2.16. The van der Waals surface area contributed by atoms with Gasteiger partial charge in [0.05, 0.1) is 6.54 Å². The standard InChI is InChI=1S/C10H16N2O3.2ClH/c1-8(13)12-7-5-3-4-6-10(2,11)9(14)15;;/h4,6-7,11H2,1-2H3,(H,12,13)(H,14,15);2*1H/t10-;;/m0../s1. The minimum atomic E-state index is -1.23. The Bertz CT molecular complexity index is 308. The highest BCUT2D eigenvalue weighted by molar-refractivity contribution is 5.85. The minimum absolute atomic E-state index is 0. The fourth-order valence-corrected chi connectivity index (χ4v) is 0.749. The number of aliphatic carboxylic acids is 1. The van der Waals surface area contributed by atoms with Gasteiger partial charge in [-0.2, -0.15) is 0 Å². The molecule has 17 heavy (non-hydrogen) atoms. The molecule has 0 aliphatic rings. The van der Waals surface area contributed by atoms with E-state index in [9.17, 15) is 9.59 Å². The molecular formula is C10H18Cl2N2O3. The van der Waals surface area contributed by atoms with E-state index >= 15 is 0 Å². The summed E-state index contributed by atoms with van der Waals surface area (Å²) in [7, 11) is 0. The first kappa shape index (κ1) is 21.3. The average molecular weight is 285 g/mol. The quantitative estimate of drug-likeness (QED) is 0.658. The van der Waals surface area contributed by atoms with E-state index in [4.69, 9.17) is 10.8 Å². The average Bonchev–Trinajstić information content (AvgIpc) is 2.10. The number of nitrogens with one attached hydrogen (secondary N) is 1. The molecule has 0 bridgehead atoms. The van der Waals surface area contributed by atoms with Gasteiger partial charge in [0.2, 0.25) is 5.91 Å². The van der Waals surface area contributed by atoms with Gasteiger partial charge in [0.25, 0.3) is 0 Å². The van der Waals surface area contributed by atoms with Gasteiger partial charge in [0, 0.05) is 13.3 Å². The van der Waals surface area contributed by atoms with E-state index in [0.29, 0.717) is 6.42 Å². The molecule has 0 aliphatic carbocycles. The van der Waals surface area contributed by atoms with Gasteiger partial charge in [-0.1, -0.05) is 5.92 Å². The van der Waals surface area contributed by atoms with Crippen molar-refractivity contribution in [3.63, 3.8) is 0 Å². The second-order valence-corrected chi connectivity index (χ2v) is 3.49. The fourth-order valence-electron chi connectivity index (χ4n) is 0.749. The molecule has 0 aliphatic heterocycles. The highest BCUT2D eigenvalue weighted by Crippen LogP contribution is 2.07. The van der Waals surface area contributed by atoms with Crippen molar-refractivity contribution >= 4 is 36.7 Å². The van der Waals surface area contributed by atoms with Crippen molar-refractivity contribution in [3.8, 4) is 11.8 Å². The molecule has 0 spiro atoms. The molecule has 0 fully saturated rings. The van der Waals surface area contributed by atoms with Crippen LogP contribution in [-0.2, 0) is 9.59 Å². The molecule has 5 nitrogen and oxygen atoms in total. The van der Waals surface area contributed by atoms with E-state index in [1.54, 1.807) is 0 Å². The molecule has 0 aromatic carbocycles. The molecule has 1 atom stereocenters. The van der Waals surface area contributed by atoms with E-state index in [-0.39, 0.29) is 43.7 Å². The highest BCUT2D eigenvalue weighted by Gasteiger charge is 2.26. The number of carbonyl (C=O) groups excluding carboxylic acids is 1. The summed E-state index contributed by atoms with van der Waals surface area (Å²) >= 11 is 0. The van der Waals surface area contributed by atoms with Gasteiger partial charge in [0.15, 0.2) is 0 Å². The number of hydrogen-bond donors (Lipinski definition) is 3. The lowest BCUT2D eigenvalue weighted by atomic mass is 9.98. The van der Waals surface area contributed by atoms with Crippen LogP contribution in [0, 0.1) is 11.8 Å². The minimum Gasteiger partial charge on any atom is -0.480 e. The van der Waals surface area contributed by atoms with Crippen LogP contribution in [0.2, 0.25) is 0 Å². The molecule has 0 saturated carbocycles. The smallest absolute Gasteiger partial charge is 0.323 e. The third-order valence-corrected chi connectivity index (χ3v) is 1.81. The second kappa shape index (κ2) is 10.2. The van der Waals surface area contributed by atoms with Crippen molar-refractivity contribution in [2.75, 3.05) is 6.54 Å². The molecular weight excluding hydrogens is 267 g/mol. The predicted molar refractivity (Wildman–Crippen MR) is 70.4 cm³/mol. The van der Waals surface area contributed by atoms with E-state index in [2.05, 4.69) is 17.2 Å². The molecule has 0 heterocycles. The molecule has 1 amide bonds. The summed E-state index contributed by atoms with van der Waals surface area (Å²) in [5.74, 6) is 4.27. The Morgan fingerprint density at radius 2 is 1.88 bits per heavy atom. The van der Waals surface area contributed by atoms with Crippen LogP contribution in [-0.4, -0.2) is 29.1 Å². The molecule has 4 N–H and O–H groups in total. The molecule has 0 saturated heterocycles. The number of carboxylic acids is 1. The van der Waals surface area contributed by atoms with Crippen molar-refractivity contribution in [2.45, 2.75) is 32.2 Å². The Balaban J connectivity index is -0.000000980. The Hall–Kier alpha value is -0.960. The van der Waals surface area contributed by atoms with E-state index in [1.165, 1.54) is 13.8 Å². The topological polar surface area (TPSA) is 92.4 Å². The maximum Gasteiger partial charge on any atom is 0.323 e. The highest BCUT2D eigenvalue weighted by atomic mass is 35.5. The van der Waals surface area contributed by atoms with Crippen molar-refractivity contribution in [2.24, 2.45) is 5.73 Å². The monoisotopic (exact) mass is 284 g/mol. The van der Waals surface area contributed by atoms with Crippen LogP contribution in [0.25, 0.3) is 0 Å². The molecule has 0 radical (unpaired) electrons. The second-order valence-electron chi connectivity index (χ2n) is 3.49. The van der Waals surface area contributed by atoms with Crippen LogP contribution in [0.3, 0.4) is 0 Å². The molecule has 0 rings (SSSR count). The summed E-state index contributed by atoms with van der Waals surface area (Å²) in [6.07, 6.45) is 0.689. The van der Waals surface area contributed by atoms with Crippen molar-refractivity contribution in [1.82, 2.24) is 5.32 Å². The molecule has 0 aromatic heterocycles. The summed E-state index contributed by atoms with van der Waals surface area (Å²) in [6, 6.07) is 0. The van der Waals surface area contributed by atoms with Crippen LogP contribution in [0.1, 0.15) is 26.7 Å². The van der Waals surface area contributed by atoms with Crippen molar-refractivity contribution in [1.29, 1.82) is 0 Å². The number of halogens is 2. The van der Waals surface area contributed by atoms with Gasteiger partial charge >= 0.3 is 5.97 Å². The molecule has 7 heteroatoms. The zero-order chi connectivity index (χ0) is 11.9. The van der Waals surface area contributed by atoms with Gasteiger partial charge < -0.3 is 16.2 Å². The summed E-state index contributed by atoms with van der Waals surface area (Å²) in [6.45, 7) is 3.14. The van der Waals surface area contributed by atoms with Crippen molar-refractivity contribution in [3.05, 3.63) is 0 Å². The van der Waals surface area contributed by atoms with Gasteiger partial charge in [-0.15, -0.1) is 30.7 Å². The number of amides is 1. The third kappa shape index (κ3) is 11.3. The molecule has 0 unspecified atom stereocenters. The van der Waals surface area contributed by atoms with Gasteiger partial charge in [0.1, 0.15) is 5.54 Å². The SMILES string of the molecule is CC(=O)NCC#CCC[C@](C)(N)C(=O)O.Cl.Cl. The lowest BCUT2D eigenvalue weighted by Crippen LogP contribution is -2.44. The van der Waals surface area contributed by atoms with Crippen LogP contribution < -0.4 is 11.1 Å². The third-order valence-electron chi connectivity index (χ3n) is 1.81. The number of rotatable bonds is 4.